The number of Topliss-reactive ketones (excluding diaryl/α,β-unsaturated/α-hetero) is 1. The van der Waals surface area contributed by atoms with Gasteiger partial charge in [0.05, 0.1) is 0 Å². The fourth-order valence-electron chi connectivity index (χ4n) is 1.87. The lowest BCUT2D eigenvalue weighted by Gasteiger charge is -2.23. The quantitative estimate of drug-likeness (QED) is 0.613. The molecular formula is C13H18BrNO. The average Bonchev–Trinajstić information content (AvgIpc) is 2.16. The maximum atomic E-state index is 12.3. The molecule has 0 spiro atoms. The molecule has 0 saturated heterocycles. The molecule has 0 saturated carbocycles. The number of rotatable bonds is 4. The summed E-state index contributed by atoms with van der Waals surface area (Å²) in [5, 5.41) is 0. The van der Waals surface area contributed by atoms with Gasteiger partial charge in [0.1, 0.15) is 4.60 Å². The Hall–Kier alpha value is -0.700. The molecule has 0 aliphatic rings. The molecule has 0 aromatic carbocycles. The Labute approximate surface area is 106 Å². The van der Waals surface area contributed by atoms with Crippen LogP contribution in [-0.2, 0) is 0 Å². The molecule has 0 N–H and O–H groups in total. The number of aromatic nitrogens is 1. The predicted molar refractivity (Wildman–Crippen MR) is 69.7 cm³/mol. The summed E-state index contributed by atoms with van der Waals surface area (Å²) in [6.45, 7) is 7.97. The largest absolute Gasteiger partial charge is 0.294 e. The van der Waals surface area contributed by atoms with Crippen molar-refractivity contribution >= 4 is 21.7 Å². The van der Waals surface area contributed by atoms with Gasteiger partial charge in [-0.2, -0.15) is 0 Å². The molecule has 1 aromatic rings. The summed E-state index contributed by atoms with van der Waals surface area (Å²) in [6.07, 6.45) is 1.92. The third-order valence-corrected chi connectivity index (χ3v) is 3.23. The fraction of sp³-hybridized carbons (Fsp3) is 0.538. The van der Waals surface area contributed by atoms with Gasteiger partial charge in [0, 0.05) is 16.7 Å². The van der Waals surface area contributed by atoms with Crippen molar-refractivity contribution in [2.24, 2.45) is 5.41 Å². The van der Waals surface area contributed by atoms with E-state index in [1.165, 1.54) is 0 Å². The van der Waals surface area contributed by atoms with Gasteiger partial charge in [0.25, 0.3) is 0 Å². The molecule has 1 rings (SSSR count). The minimum absolute atomic E-state index is 0.187. The number of hydrogen-bond donors (Lipinski definition) is 0. The second kappa shape index (κ2) is 5.09. The first-order valence-corrected chi connectivity index (χ1v) is 6.35. The molecule has 1 heterocycles. The minimum atomic E-state index is -0.297. The average molecular weight is 284 g/mol. The summed E-state index contributed by atoms with van der Waals surface area (Å²) in [7, 11) is 0. The van der Waals surface area contributed by atoms with E-state index in [0.717, 1.165) is 28.7 Å². The maximum Gasteiger partial charge on any atom is 0.170 e. The van der Waals surface area contributed by atoms with Gasteiger partial charge in [0.2, 0.25) is 0 Å². The Bertz CT molecular complexity index is 399. The number of carbonyl (C=O) groups excluding carboxylic acids is 1. The predicted octanol–water partition coefficient (Wildman–Crippen LogP) is 4.16. The number of halogens is 1. The first-order chi connectivity index (χ1) is 7.38. The van der Waals surface area contributed by atoms with E-state index in [4.69, 9.17) is 0 Å². The monoisotopic (exact) mass is 283 g/mol. The molecule has 0 aliphatic carbocycles. The first-order valence-electron chi connectivity index (χ1n) is 5.56. The molecule has 2 nitrogen and oxygen atoms in total. The lowest BCUT2D eigenvalue weighted by Crippen LogP contribution is -2.25. The van der Waals surface area contributed by atoms with E-state index in [1.807, 2.05) is 32.9 Å². The van der Waals surface area contributed by atoms with Gasteiger partial charge in [0.15, 0.2) is 5.78 Å². The van der Waals surface area contributed by atoms with E-state index < -0.39 is 0 Å². The third kappa shape index (κ3) is 2.91. The van der Waals surface area contributed by atoms with E-state index in [2.05, 4.69) is 27.8 Å². The zero-order valence-corrected chi connectivity index (χ0v) is 11.9. The summed E-state index contributed by atoms with van der Waals surface area (Å²) in [5.41, 5.74) is 1.24. The highest BCUT2D eigenvalue weighted by Crippen LogP contribution is 2.28. The van der Waals surface area contributed by atoms with Gasteiger partial charge >= 0.3 is 0 Å². The smallest absolute Gasteiger partial charge is 0.170 e. The van der Waals surface area contributed by atoms with E-state index >= 15 is 0 Å². The molecular weight excluding hydrogens is 266 g/mol. The number of carbonyl (C=O) groups is 1. The Kier molecular flexibility index (Phi) is 4.25. The number of hydrogen-bond acceptors (Lipinski definition) is 2. The summed E-state index contributed by atoms with van der Waals surface area (Å²) < 4.78 is 0.773. The van der Waals surface area contributed by atoms with Gasteiger partial charge in [-0.05, 0) is 41.4 Å². The van der Waals surface area contributed by atoms with Gasteiger partial charge in [-0.25, -0.2) is 4.98 Å². The van der Waals surface area contributed by atoms with Crippen LogP contribution in [-0.4, -0.2) is 10.8 Å². The number of nitrogens with zero attached hydrogens (tertiary/aromatic N) is 1. The highest BCUT2D eigenvalue weighted by Gasteiger charge is 2.28. The highest BCUT2D eigenvalue weighted by atomic mass is 79.9. The van der Waals surface area contributed by atoms with Crippen LogP contribution in [0.5, 0.6) is 0 Å². The van der Waals surface area contributed by atoms with Crippen molar-refractivity contribution in [3.8, 4) is 0 Å². The van der Waals surface area contributed by atoms with E-state index in [9.17, 15) is 4.79 Å². The number of pyridine rings is 1. The van der Waals surface area contributed by atoms with Crippen LogP contribution < -0.4 is 0 Å². The summed E-state index contributed by atoms with van der Waals surface area (Å²) >= 11 is 3.30. The van der Waals surface area contributed by atoms with Crippen molar-refractivity contribution in [1.82, 2.24) is 4.98 Å². The topological polar surface area (TPSA) is 30.0 Å². The second-order valence-corrected chi connectivity index (χ2v) is 5.54. The van der Waals surface area contributed by atoms with E-state index in [-0.39, 0.29) is 11.2 Å². The van der Waals surface area contributed by atoms with Gasteiger partial charge < -0.3 is 0 Å². The van der Waals surface area contributed by atoms with E-state index in [0.29, 0.717) is 0 Å². The molecule has 0 bridgehead atoms. The van der Waals surface area contributed by atoms with Crippen LogP contribution in [0.1, 0.15) is 49.7 Å². The Morgan fingerprint density at radius 1 is 1.44 bits per heavy atom. The molecule has 3 heteroatoms. The maximum absolute atomic E-state index is 12.3. The lowest BCUT2D eigenvalue weighted by atomic mass is 9.80. The molecule has 0 unspecified atom stereocenters. The first kappa shape index (κ1) is 13.4. The normalized spacial score (nSPS) is 11.6. The molecule has 0 radical (unpaired) electrons. The highest BCUT2D eigenvalue weighted by molar-refractivity contribution is 9.10. The minimum Gasteiger partial charge on any atom is -0.294 e. The molecule has 0 fully saturated rings. The SMILES string of the molecule is CCCC(C)(C)C(=O)c1ccc(Br)nc1C. The lowest BCUT2D eigenvalue weighted by molar-refractivity contribution is 0.0824. The van der Waals surface area contributed by atoms with E-state index in [1.54, 1.807) is 0 Å². The van der Waals surface area contributed by atoms with Crippen LogP contribution in [0.2, 0.25) is 0 Å². The molecule has 0 aliphatic heterocycles. The van der Waals surface area contributed by atoms with Crippen molar-refractivity contribution in [2.75, 3.05) is 0 Å². The zero-order chi connectivity index (χ0) is 12.3. The fourth-order valence-corrected chi connectivity index (χ4v) is 2.27. The van der Waals surface area contributed by atoms with Crippen LogP contribution in [0.15, 0.2) is 16.7 Å². The summed E-state index contributed by atoms with van der Waals surface area (Å²) in [4.78, 5) is 16.6. The molecule has 0 atom stereocenters. The zero-order valence-electron chi connectivity index (χ0n) is 10.3. The Morgan fingerprint density at radius 3 is 2.56 bits per heavy atom. The van der Waals surface area contributed by atoms with Gasteiger partial charge in [-0.15, -0.1) is 0 Å². The standard InChI is InChI=1S/C13H18BrNO/c1-5-8-13(3,4)12(16)10-6-7-11(14)15-9(10)2/h6-7H,5,8H2,1-4H3. The van der Waals surface area contributed by atoms with Gasteiger partial charge in [-0.1, -0.05) is 27.2 Å². The number of ketones is 1. The summed E-state index contributed by atoms with van der Waals surface area (Å²) in [5.74, 6) is 0.187. The van der Waals surface area contributed by atoms with Crippen LogP contribution in [0, 0.1) is 12.3 Å². The van der Waals surface area contributed by atoms with Crippen LogP contribution in [0.25, 0.3) is 0 Å². The Balaban J connectivity index is 3.05. The molecule has 88 valence electrons. The molecule has 0 amide bonds. The van der Waals surface area contributed by atoms with Gasteiger partial charge in [-0.3, -0.25) is 4.79 Å². The summed E-state index contributed by atoms with van der Waals surface area (Å²) in [6, 6.07) is 3.68. The molecule has 1 aromatic heterocycles. The van der Waals surface area contributed by atoms with Crippen LogP contribution in [0.3, 0.4) is 0 Å². The Morgan fingerprint density at radius 2 is 2.06 bits per heavy atom. The van der Waals surface area contributed by atoms with Crippen molar-refractivity contribution in [3.63, 3.8) is 0 Å². The van der Waals surface area contributed by atoms with Crippen LogP contribution >= 0.6 is 15.9 Å². The van der Waals surface area contributed by atoms with Crippen LogP contribution in [0.4, 0.5) is 0 Å². The van der Waals surface area contributed by atoms with Crippen molar-refractivity contribution in [1.29, 1.82) is 0 Å². The molecule has 16 heavy (non-hydrogen) atoms. The van der Waals surface area contributed by atoms with Crippen molar-refractivity contribution in [2.45, 2.75) is 40.5 Å². The number of aryl methyl sites for hydroxylation is 1. The van der Waals surface area contributed by atoms with Crippen molar-refractivity contribution in [3.05, 3.63) is 28.0 Å². The second-order valence-electron chi connectivity index (χ2n) is 4.73. The van der Waals surface area contributed by atoms with Crippen molar-refractivity contribution < 1.29 is 4.79 Å². The third-order valence-electron chi connectivity index (χ3n) is 2.79.